The SMILES string of the molecule is OP(Oc1ccccc1)N1CCN(CC2=Nc3ccccc3Oc3ccc(Cl)cc32)CC1. The van der Waals surface area contributed by atoms with E-state index in [2.05, 4.69) is 4.90 Å². The quantitative estimate of drug-likeness (QED) is 0.503. The average Bonchev–Trinajstić information content (AvgIpc) is 2.96. The first kappa shape index (κ1) is 21.4. The van der Waals surface area contributed by atoms with Gasteiger partial charge in [-0.15, -0.1) is 0 Å². The van der Waals surface area contributed by atoms with E-state index < -0.39 is 8.53 Å². The van der Waals surface area contributed by atoms with Crippen LogP contribution in [0.4, 0.5) is 5.69 Å². The lowest BCUT2D eigenvalue weighted by Gasteiger charge is -2.35. The van der Waals surface area contributed by atoms with E-state index >= 15 is 0 Å². The van der Waals surface area contributed by atoms with Crippen LogP contribution in [-0.2, 0) is 0 Å². The highest BCUT2D eigenvalue weighted by molar-refractivity contribution is 7.43. The van der Waals surface area contributed by atoms with E-state index in [0.29, 0.717) is 17.3 Å². The molecule has 0 spiro atoms. The maximum atomic E-state index is 10.5. The molecule has 1 fully saturated rings. The number of hydrogen-bond donors (Lipinski definition) is 1. The lowest BCUT2D eigenvalue weighted by molar-refractivity contribution is 0.196. The van der Waals surface area contributed by atoms with E-state index in [4.69, 9.17) is 25.9 Å². The average molecular weight is 468 g/mol. The number of para-hydroxylation sites is 3. The van der Waals surface area contributed by atoms with Gasteiger partial charge in [0.05, 0.1) is 5.71 Å². The van der Waals surface area contributed by atoms with Crippen LogP contribution in [0.25, 0.3) is 0 Å². The van der Waals surface area contributed by atoms with Gasteiger partial charge in [-0.1, -0.05) is 41.9 Å². The van der Waals surface area contributed by atoms with Gasteiger partial charge in [0.25, 0.3) is 0 Å². The maximum Gasteiger partial charge on any atom is 0.318 e. The third kappa shape index (κ3) is 4.80. The number of hydrogen-bond acceptors (Lipinski definition) is 6. The highest BCUT2D eigenvalue weighted by Crippen LogP contribution is 2.40. The van der Waals surface area contributed by atoms with Gasteiger partial charge in [0.15, 0.2) is 5.75 Å². The Labute approximate surface area is 193 Å². The zero-order valence-corrected chi connectivity index (χ0v) is 19.0. The second kappa shape index (κ2) is 9.57. The molecule has 5 rings (SSSR count). The first-order valence-electron chi connectivity index (χ1n) is 10.5. The van der Waals surface area contributed by atoms with Gasteiger partial charge in [0, 0.05) is 43.3 Å². The number of fused-ring (bicyclic) bond motifs is 2. The van der Waals surface area contributed by atoms with Crippen molar-refractivity contribution in [3.8, 4) is 17.2 Å². The summed E-state index contributed by atoms with van der Waals surface area (Å²) in [4.78, 5) is 17.8. The molecule has 1 saturated heterocycles. The highest BCUT2D eigenvalue weighted by atomic mass is 35.5. The van der Waals surface area contributed by atoms with Gasteiger partial charge < -0.3 is 14.2 Å². The van der Waals surface area contributed by atoms with Crippen LogP contribution in [0.1, 0.15) is 5.56 Å². The summed E-state index contributed by atoms with van der Waals surface area (Å²) >= 11 is 6.30. The third-order valence-electron chi connectivity index (χ3n) is 5.49. The van der Waals surface area contributed by atoms with Crippen molar-refractivity contribution >= 4 is 31.5 Å². The molecule has 164 valence electrons. The van der Waals surface area contributed by atoms with Crippen LogP contribution >= 0.6 is 20.1 Å². The van der Waals surface area contributed by atoms with Crippen molar-refractivity contribution in [3.63, 3.8) is 0 Å². The monoisotopic (exact) mass is 467 g/mol. The third-order valence-corrected chi connectivity index (χ3v) is 6.98. The Morgan fingerprint density at radius 3 is 2.50 bits per heavy atom. The molecule has 2 aliphatic heterocycles. The molecule has 1 unspecified atom stereocenters. The summed E-state index contributed by atoms with van der Waals surface area (Å²) in [6.07, 6.45) is 0. The molecule has 1 atom stereocenters. The Morgan fingerprint density at radius 2 is 1.69 bits per heavy atom. The predicted molar refractivity (Wildman–Crippen MR) is 128 cm³/mol. The fourth-order valence-electron chi connectivity index (χ4n) is 3.81. The minimum atomic E-state index is -1.66. The van der Waals surface area contributed by atoms with Crippen LogP contribution in [0.2, 0.25) is 5.02 Å². The molecule has 3 aromatic carbocycles. The molecule has 0 saturated carbocycles. The van der Waals surface area contributed by atoms with Gasteiger partial charge in [-0.2, -0.15) is 0 Å². The van der Waals surface area contributed by atoms with E-state index in [9.17, 15) is 4.89 Å². The van der Waals surface area contributed by atoms with E-state index in [1.54, 1.807) is 0 Å². The molecule has 8 heteroatoms. The number of benzene rings is 3. The number of rotatable bonds is 5. The molecular formula is C24H23ClN3O3P. The summed E-state index contributed by atoms with van der Waals surface area (Å²) in [5.41, 5.74) is 2.64. The summed E-state index contributed by atoms with van der Waals surface area (Å²) in [7, 11) is -1.66. The largest absolute Gasteiger partial charge is 0.454 e. The molecule has 1 N–H and O–H groups in total. The maximum absolute atomic E-state index is 10.5. The number of ether oxygens (including phenoxy) is 1. The lowest BCUT2D eigenvalue weighted by atomic mass is 10.1. The van der Waals surface area contributed by atoms with Crippen molar-refractivity contribution in [1.82, 2.24) is 9.57 Å². The summed E-state index contributed by atoms with van der Waals surface area (Å²) in [6, 6.07) is 22.9. The van der Waals surface area contributed by atoms with Crippen molar-refractivity contribution in [1.29, 1.82) is 0 Å². The number of aliphatic imine (C=N–C) groups is 1. The van der Waals surface area contributed by atoms with Gasteiger partial charge in [0.1, 0.15) is 17.2 Å². The molecular weight excluding hydrogens is 445 g/mol. The van der Waals surface area contributed by atoms with Crippen LogP contribution in [0.15, 0.2) is 77.8 Å². The van der Waals surface area contributed by atoms with Crippen molar-refractivity contribution in [2.24, 2.45) is 4.99 Å². The van der Waals surface area contributed by atoms with Crippen LogP contribution in [0.5, 0.6) is 17.2 Å². The smallest absolute Gasteiger partial charge is 0.318 e. The van der Waals surface area contributed by atoms with Crippen molar-refractivity contribution < 1.29 is 14.2 Å². The second-order valence-electron chi connectivity index (χ2n) is 7.66. The number of piperazine rings is 1. The number of nitrogens with zero attached hydrogens (tertiary/aromatic N) is 3. The Hall–Kier alpha value is -2.47. The Kier molecular flexibility index (Phi) is 6.39. The summed E-state index contributed by atoms with van der Waals surface area (Å²) < 4.78 is 13.9. The van der Waals surface area contributed by atoms with Crippen LogP contribution < -0.4 is 9.26 Å². The zero-order valence-electron chi connectivity index (χ0n) is 17.4. The normalized spacial score (nSPS) is 17.4. The Bertz CT molecular complexity index is 1120. The zero-order chi connectivity index (χ0) is 21.9. The second-order valence-corrected chi connectivity index (χ2v) is 9.35. The minimum Gasteiger partial charge on any atom is -0.454 e. The van der Waals surface area contributed by atoms with Crippen LogP contribution in [-0.4, -0.2) is 52.9 Å². The Morgan fingerprint density at radius 1 is 0.938 bits per heavy atom. The van der Waals surface area contributed by atoms with Gasteiger partial charge in [-0.3, -0.25) is 4.90 Å². The van der Waals surface area contributed by atoms with Gasteiger partial charge >= 0.3 is 8.53 Å². The fourth-order valence-corrected chi connectivity index (χ4v) is 4.93. The molecule has 2 aliphatic rings. The molecule has 2 heterocycles. The Balaban J connectivity index is 1.29. The molecule has 0 aliphatic carbocycles. The van der Waals surface area contributed by atoms with Gasteiger partial charge in [-0.05, 0) is 42.5 Å². The first-order valence-corrected chi connectivity index (χ1v) is 12.0. The predicted octanol–water partition coefficient (Wildman–Crippen LogP) is 5.48. The summed E-state index contributed by atoms with van der Waals surface area (Å²) in [6.45, 7) is 3.71. The molecule has 0 amide bonds. The first-order chi connectivity index (χ1) is 15.7. The molecule has 3 aromatic rings. The van der Waals surface area contributed by atoms with E-state index in [1.165, 1.54) is 0 Å². The molecule has 6 nitrogen and oxygen atoms in total. The minimum absolute atomic E-state index is 0.653. The molecule has 0 aromatic heterocycles. The van der Waals surface area contributed by atoms with E-state index in [0.717, 1.165) is 54.6 Å². The van der Waals surface area contributed by atoms with Crippen molar-refractivity contribution in [3.05, 3.63) is 83.4 Å². The lowest BCUT2D eigenvalue weighted by Crippen LogP contribution is -2.46. The molecule has 32 heavy (non-hydrogen) atoms. The van der Waals surface area contributed by atoms with Gasteiger partial charge in [-0.25, -0.2) is 9.66 Å². The fraction of sp³-hybridized carbons (Fsp3) is 0.208. The summed E-state index contributed by atoms with van der Waals surface area (Å²) in [5, 5.41) is 0.653. The molecule has 0 radical (unpaired) electrons. The van der Waals surface area contributed by atoms with Crippen LogP contribution in [0, 0.1) is 0 Å². The van der Waals surface area contributed by atoms with E-state index in [1.807, 2.05) is 77.5 Å². The number of halogens is 1. The van der Waals surface area contributed by atoms with Crippen molar-refractivity contribution in [2.75, 3.05) is 32.7 Å². The highest BCUT2D eigenvalue weighted by Gasteiger charge is 2.27. The van der Waals surface area contributed by atoms with Crippen molar-refractivity contribution in [2.45, 2.75) is 0 Å². The summed E-state index contributed by atoms with van der Waals surface area (Å²) in [5.74, 6) is 2.18. The van der Waals surface area contributed by atoms with Crippen LogP contribution in [0.3, 0.4) is 0 Å². The van der Waals surface area contributed by atoms with Gasteiger partial charge in [0.2, 0.25) is 0 Å². The van der Waals surface area contributed by atoms with E-state index in [-0.39, 0.29) is 0 Å². The molecule has 0 bridgehead atoms. The standard InChI is InChI=1S/C24H23ClN3O3P/c25-18-10-11-23-20(16-18)22(26-21-8-4-5-9-24(21)30-23)17-27-12-14-28(15-13-27)32(29)31-19-6-2-1-3-7-19/h1-11,16,29H,12-15,17H2. The topological polar surface area (TPSA) is 57.5 Å².